The minimum atomic E-state index is 0. The SMILES string of the molecule is C=CCC(CC=C)c1cc[n+](Cc2ccccc2)cc1.[Br-]. The summed E-state index contributed by atoms with van der Waals surface area (Å²) >= 11 is 0. The van der Waals surface area contributed by atoms with E-state index in [2.05, 4.69) is 66.5 Å². The summed E-state index contributed by atoms with van der Waals surface area (Å²) in [6, 6.07) is 14.9. The third kappa shape index (κ3) is 5.31. The Kier molecular flexibility index (Phi) is 7.70. The molecule has 2 aromatic rings. The highest BCUT2D eigenvalue weighted by Gasteiger charge is 2.10. The number of halogens is 1. The summed E-state index contributed by atoms with van der Waals surface area (Å²) in [6.07, 6.45) is 10.3. The van der Waals surface area contributed by atoms with Crippen LogP contribution in [-0.2, 0) is 6.54 Å². The second-order valence-electron chi connectivity index (χ2n) is 5.04. The van der Waals surface area contributed by atoms with Crippen LogP contribution in [-0.4, -0.2) is 0 Å². The average molecular weight is 344 g/mol. The van der Waals surface area contributed by atoms with Gasteiger partial charge < -0.3 is 17.0 Å². The van der Waals surface area contributed by atoms with Crippen LogP contribution >= 0.6 is 0 Å². The summed E-state index contributed by atoms with van der Waals surface area (Å²) in [5, 5.41) is 0. The minimum absolute atomic E-state index is 0. The lowest BCUT2D eigenvalue weighted by Gasteiger charge is -2.12. The fraction of sp³-hybridized carbons (Fsp3) is 0.211. The van der Waals surface area contributed by atoms with E-state index in [0.717, 1.165) is 19.4 Å². The third-order valence-corrected chi connectivity index (χ3v) is 3.50. The summed E-state index contributed by atoms with van der Waals surface area (Å²) in [5.74, 6) is 0.497. The molecule has 2 heteroatoms. The molecule has 0 atom stereocenters. The van der Waals surface area contributed by atoms with Crippen LogP contribution in [0.4, 0.5) is 0 Å². The van der Waals surface area contributed by atoms with Crippen molar-refractivity contribution < 1.29 is 21.5 Å². The number of hydrogen-bond donors (Lipinski definition) is 0. The third-order valence-electron chi connectivity index (χ3n) is 3.50. The molecule has 110 valence electrons. The molecule has 1 nitrogen and oxygen atoms in total. The number of benzene rings is 1. The van der Waals surface area contributed by atoms with Gasteiger partial charge in [0.05, 0.1) is 0 Å². The van der Waals surface area contributed by atoms with Crippen LogP contribution < -0.4 is 21.5 Å². The van der Waals surface area contributed by atoms with Crippen LogP contribution in [0.3, 0.4) is 0 Å². The van der Waals surface area contributed by atoms with E-state index < -0.39 is 0 Å². The molecule has 0 N–H and O–H groups in total. The lowest BCUT2D eigenvalue weighted by Crippen LogP contribution is -3.00. The van der Waals surface area contributed by atoms with E-state index >= 15 is 0 Å². The minimum Gasteiger partial charge on any atom is -1.00 e. The first kappa shape index (κ1) is 17.4. The van der Waals surface area contributed by atoms with Crippen LogP contribution in [0.5, 0.6) is 0 Å². The highest BCUT2D eigenvalue weighted by atomic mass is 79.9. The fourth-order valence-electron chi connectivity index (χ4n) is 2.41. The monoisotopic (exact) mass is 343 g/mol. The molecule has 2 rings (SSSR count). The van der Waals surface area contributed by atoms with E-state index in [1.165, 1.54) is 11.1 Å². The Labute approximate surface area is 138 Å². The molecule has 1 aromatic heterocycles. The molecule has 0 bridgehead atoms. The fourth-order valence-corrected chi connectivity index (χ4v) is 2.41. The van der Waals surface area contributed by atoms with Crippen molar-refractivity contribution >= 4 is 0 Å². The van der Waals surface area contributed by atoms with Crippen molar-refractivity contribution in [2.24, 2.45) is 0 Å². The molecule has 0 saturated carbocycles. The smallest absolute Gasteiger partial charge is 0.173 e. The van der Waals surface area contributed by atoms with Crippen molar-refractivity contribution in [1.29, 1.82) is 0 Å². The number of allylic oxidation sites excluding steroid dienone is 2. The largest absolute Gasteiger partial charge is 1.00 e. The Morgan fingerprint density at radius 2 is 1.48 bits per heavy atom. The van der Waals surface area contributed by atoms with E-state index in [1.54, 1.807) is 0 Å². The normalized spacial score (nSPS) is 9.95. The van der Waals surface area contributed by atoms with Crippen molar-refractivity contribution in [3.8, 4) is 0 Å². The standard InChI is InChI=1S/C19H22N.BrH/c1-3-8-18(9-4-2)19-12-14-20(15-13-19)16-17-10-6-5-7-11-17;/h3-7,10-15,18H,1-2,8-9,16H2;1H/q+1;/p-1. The number of nitrogens with zero attached hydrogens (tertiary/aromatic N) is 1. The molecule has 0 amide bonds. The second kappa shape index (κ2) is 9.30. The average Bonchev–Trinajstić information content (AvgIpc) is 2.49. The van der Waals surface area contributed by atoms with Gasteiger partial charge in [-0.1, -0.05) is 42.5 Å². The van der Waals surface area contributed by atoms with Crippen LogP contribution in [0.1, 0.15) is 29.9 Å². The van der Waals surface area contributed by atoms with Crippen molar-refractivity contribution in [2.45, 2.75) is 25.3 Å². The van der Waals surface area contributed by atoms with Gasteiger partial charge in [0, 0.05) is 17.7 Å². The molecule has 1 aromatic carbocycles. The summed E-state index contributed by atoms with van der Waals surface area (Å²) in [5.41, 5.74) is 2.67. The van der Waals surface area contributed by atoms with Gasteiger partial charge in [0.15, 0.2) is 18.9 Å². The maximum Gasteiger partial charge on any atom is 0.173 e. The summed E-state index contributed by atoms with van der Waals surface area (Å²) < 4.78 is 2.21. The van der Waals surface area contributed by atoms with E-state index in [0.29, 0.717) is 5.92 Å². The van der Waals surface area contributed by atoms with Crippen molar-refractivity contribution in [3.05, 3.63) is 91.3 Å². The quantitative estimate of drug-likeness (QED) is 0.526. The van der Waals surface area contributed by atoms with Gasteiger partial charge >= 0.3 is 0 Å². The summed E-state index contributed by atoms with van der Waals surface area (Å²) in [4.78, 5) is 0. The molecule has 0 fully saturated rings. The van der Waals surface area contributed by atoms with Gasteiger partial charge in [0.2, 0.25) is 0 Å². The van der Waals surface area contributed by atoms with Crippen LogP contribution in [0.15, 0.2) is 80.2 Å². The number of rotatable bonds is 7. The van der Waals surface area contributed by atoms with Gasteiger partial charge in [-0.05, 0) is 24.3 Å². The second-order valence-corrected chi connectivity index (χ2v) is 5.04. The van der Waals surface area contributed by atoms with E-state index in [-0.39, 0.29) is 17.0 Å². The zero-order chi connectivity index (χ0) is 14.2. The predicted octanol–water partition coefficient (Wildman–Crippen LogP) is 1.26. The molecule has 0 spiro atoms. The van der Waals surface area contributed by atoms with Gasteiger partial charge in [0.1, 0.15) is 0 Å². The molecule has 0 unspecified atom stereocenters. The molecular weight excluding hydrogens is 322 g/mol. The van der Waals surface area contributed by atoms with E-state index in [1.807, 2.05) is 18.2 Å². The Balaban J connectivity index is 0.00000220. The van der Waals surface area contributed by atoms with Gasteiger partial charge in [-0.2, -0.15) is 0 Å². The molecule has 0 aliphatic rings. The summed E-state index contributed by atoms with van der Waals surface area (Å²) in [7, 11) is 0. The lowest BCUT2D eigenvalue weighted by atomic mass is 9.93. The predicted molar refractivity (Wildman–Crippen MR) is 84.6 cm³/mol. The first-order chi connectivity index (χ1) is 9.83. The van der Waals surface area contributed by atoms with Crippen molar-refractivity contribution in [3.63, 3.8) is 0 Å². The Hall–Kier alpha value is -1.67. The van der Waals surface area contributed by atoms with Crippen molar-refractivity contribution in [1.82, 2.24) is 0 Å². The summed E-state index contributed by atoms with van der Waals surface area (Å²) in [6.45, 7) is 8.60. The van der Waals surface area contributed by atoms with Crippen LogP contribution in [0.2, 0.25) is 0 Å². The molecule has 0 saturated heterocycles. The zero-order valence-electron chi connectivity index (χ0n) is 12.3. The number of pyridine rings is 1. The molecule has 0 aliphatic carbocycles. The highest BCUT2D eigenvalue weighted by Crippen LogP contribution is 2.23. The molecule has 21 heavy (non-hydrogen) atoms. The zero-order valence-corrected chi connectivity index (χ0v) is 13.9. The molecule has 0 radical (unpaired) electrons. The Morgan fingerprint density at radius 1 is 0.905 bits per heavy atom. The van der Waals surface area contributed by atoms with Gasteiger partial charge in [-0.25, -0.2) is 4.57 Å². The maximum atomic E-state index is 3.84. The van der Waals surface area contributed by atoms with Crippen molar-refractivity contribution in [2.75, 3.05) is 0 Å². The Morgan fingerprint density at radius 3 is 2.00 bits per heavy atom. The lowest BCUT2D eigenvalue weighted by molar-refractivity contribution is -0.688. The maximum absolute atomic E-state index is 3.84. The van der Waals surface area contributed by atoms with E-state index in [4.69, 9.17) is 0 Å². The van der Waals surface area contributed by atoms with Gasteiger partial charge in [-0.15, -0.1) is 13.2 Å². The van der Waals surface area contributed by atoms with Gasteiger partial charge in [-0.3, -0.25) is 0 Å². The molecular formula is C19H22BrN. The van der Waals surface area contributed by atoms with Crippen LogP contribution in [0, 0.1) is 0 Å². The molecule has 1 heterocycles. The first-order valence-corrected chi connectivity index (χ1v) is 7.08. The Bertz CT molecular complexity index is 536. The van der Waals surface area contributed by atoms with Crippen LogP contribution in [0.25, 0.3) is 0 Å². The first-order valence-electron chi connectivity index (χ1n) is 7.08. The number of hydrogen-bond acceptors (Lipinski definition) is 0. The molecule has 0 aliphatic heterocycles. The number of aromatic nitrogens is 1. The highest BCUT2D eigenvalue weighted by molar-refractivity contribution is 5.17. The van der Waals surface area contributed by atoms with E-state index in [9.17, 15) is 0 Å². The van der Waals surface area contributed by atoms with Gasteiger partial charge in [0.25, 0.3) is 0 Å². The topological polar surface area (TPSA) is 3.88 Å².